The fourth-order valence-corrected chi connectivity index (χ4v) is 3.64. The highest BCUT2D eigenvalue weighted by atomic mass is 32.2. The summed E-state index contributed by atoms with van der Waals surface area (Å²) in [5.74, 6) is -0.588. The molecule has 0 aliphatic rings. The van der Waals surface area contributed by atoms with E-state index in [9.17, 15) is 13.4 Å². The van der Waals surface area contributed by atoms with Gasteiger partial charge in [0.25, 0.3) is 5.91 Å². The number of carbonyl (C=O) groups is 1. The van der Waals surface area contributed by atoms with E-state index in [0.29, 0.717) is 15.6 Å². The molecule has 4 nitrogen and oxygen atoms in total. The van der Waals surface area contributed by atoms with Crippen LogP contribution < -0.4 is 5.32 Å². The Hall–Kier alpha value is -2.38. The van der Waals surface area contributed by atoms with Crippen molar-refractivity contribution in [3.63, 3.8) is 0 Å². The fourth-order valence-electron chi connectivity index (χ4n) is 2.29. The minimum absolute atomic E-state index is 0.284. The first kappa shape index (κ1) is 17.4. The lowest BCUT2D eigenvalue weighted by Gasteiger charge is -2.03. The molecule has 0 saturated heterocycles. The minimum Gasteiger partial charge on any atom is -0.298 e. The zero-order valence-corrected chi connectivity index (χ0v) is 15.2. The number of aromatic nitrogens is 1. The van der Waals surface area contributed by atoms with Crippen LogP contribution in [0.2, 0.25) is 0 Å². The normalized spacial score (nSPS) is 12.0. The molecule has 1 unspecified atom stereocenters. The predicted molar refractivity (Wildman–Crippen MR) is 99.0 cm³/mol. The Balaban J connectivity index is 1.79. The highest BCUT2D eigenvalue weighted by Gasteiger charge is 2.13. The van der Waals surface area contributed by atoms with Gasteiger partial charge in [0.1, 0.15) is 5.82 Å². The number of aryl methyl sites for hydroxylation is 1. The van der Waals surface area contributed by atoms with E-state index in [-0.39, 0.29) is 11.7 Å². The molecule has 7 heteroatoms. The molecular formula is C18H15FN2O2S2. The quantitative estimate of drug-likeness (QED) is 0.743. The molecule has 1 atom stereocenters. The van der Waals surface area contributed by atoms with Gasteiger partial charge in [0.2, 0.25) is 0 Å². The number of nitrogens with zero attached hydrogens (tertiary/aromatic N) is 1. The predicted octanol–water partition coefficient (Wildman–Crippen LogP) is 4.25. The molecule has 0 saturated carbocycles. The number of rotatable bonds is 4. The van der Waals surface area contributed by atoms with E-state index in [2.05, 4.69) is 10.3 Å². The molecule has 3 aromatic rings. The van der Waals surface area contributed by atoms with E-state index in [1.54, 1.807) is 42.7 Å². The van der Waals surface area contributed by atoms with E-state index < -0.39 is 10.8 Å². The number of halogens is 1. The Morgan fingerprint density at radius 3 is 2.36 bits per heavy atom. The third-order valence-electron chi connectivity index (χ3n) is 3.58. The van der Waals surface area contributed by atoms with Gasteiger partial charge in [-0.25, -0.2) is 9.37 Å². The van der Waals surface area contributed by atoms with Gasteiger partial charge < -0.3 is 0 Å². The second-order valence-electron chi connectivity index (χ2n) is 5.36. The van der Waals surface area contributed by atoms with Crippen LogP contribution in [-0.2, 0) is 10.8 Å². The number of amides is 1. The average Bonchev–Trinajstić information content (AvgIpc) is 2.96. The number of hydrogen-bond donors (Lipinski definition) is 1. The molecule has 1 amide bonds. The average molecular weight is 374 g/mol. The number of anilines is 1. The summed E-state index contributed by atoms with van der Waals surface area (Å²) in [6.07, 6.45) is 1.59. The van der Waals surface area contributed by atoms with E-state index in [1.165, 1.54) is 23.5 Å². The van der Waals surface area contributed by atoms with Crippen LogP contribution in [-0.4, -0.2) is 21.4 Å². The van der Waals surface area contributed by atoms with Gasteiger partial charge in [-0.15, -0.1) is 11.3 Å². The largest absolute Gasteiger partial charge is 0.298 e. The van der Waals surface area contributed by atoms with Crippen molar-refractivity contribution in [2.24, 2.45) is 0 Å². The Bertz CT molecular complexity index is 935. The maximum atomic E-state index is 13.1. The van der Waals surface area contributed by atoms with Crippen LogP contribution in [0.3, 0.4) is 0 Å². The molecule has 0 fully saturated rings. The summed E-state index contributed by atoms with van der Waals surface area (Å²) >= 11 is 1.36. The topological polar surface area (TPSA) is 59.1 Å². The van der Waals surface area contributed by atoms with Crippen molar-refractivity contribution in [1.82, 2.24) is 4.98 Å². The zero-order chi connectivity index (χ0) is 18.0. The summed E-state index contributed by atoms with van der Waals surface area (Å²) in [5.41, 5.74) is 1.98. The molecule has 3 rings (SSSR count). The van der Waals surface area contributed by atoms with Crippen LogP contribution in [0.5, 0.6) is 0 Å². The van der Waals surface area contributed by atoms with Crippen molar-refractivity contribution in [3.8, 4) is 11.3 Å². The van der Waals surface area contributed by atoms with Crippen molar-refractivity contribution in [2.75, 3.05) is 11.6 Å². The molecule has 0 aliphatic carbocycles. The van der Waals surface area contributed by atoms with Crippen LogP contribution in [0.4, 0.5) is 9.52 Å². The molecule has 1 aromatic heterocycles. The van der Waals surface area contributed by atoms with Gasteiger partial charge in [0.15, 0.2) is 5.13 Å². The third-order valence-corrected chi connectivity index (χ3v) is 5.41. The smallest absolute Gasteiger partial charge is 0.257 e. The molecule has 128 valence electrons. The SMILES string of the molecule is Cc1sc(NC(=O)c2ccc(S(C)=O)cc2)nc1-c1ccc(F)cc1. The molecular weight excluding hydrogens is 359 g/mol. The number of hydrogen-bond acceptors (Lipinski definition) is 4. The van der Waals surface area contributed by atoms with Crippen molar-refractivity contribution in [1.29, 1.82) is 0 Å². The summed E-state index contributed by atoms with van der Waals surface area (Å²) in [6.45, 7) is 1.90. The summed E-state index contributed by atoms with van der Waals surface area (Å²) in [4.78, 5) is 18.4. The van der Waals surface area contributed by atoms with Gasteiger partial charge in [-0.05, 0) is 55.5 Å². The first-order valence-electron chi connectivity index (χ1n) is 7.42. The fraction of sp³-hybridized carbons (Fsp3) is 0.111. The van der Waals surface area contributed by atoms with Crippen LogP contribution in [0.1, 0.15) is 15.2 Å². The third kappa shape index (κ3) is 4.00. The maximum absolute atomic E-state index is 13.1. The lowest BCUT2D eigenvalue weighted by atomic mass is 10.1. The second kappa shape index (κ2) is 7.25. The molecule has 25 heavy (non-hydrogen) atoms. The van der Waals surface area contributed by atoms with Crippen molar-refractivity contribution in [3.05, 3.63) is 64.8 Å². The molecule has 1 N–H and O–H groups in total. The monoisotopic (exact) mass is 374 g/mol. The van der Waals surface area contributed by atoms with Gasteiger partial charge in [0, 0.05) is 38.0 Å². The number of carbonyl (C=O) groups excluding carboxylic acids is 1. The molecule has 0 spiro atoms. The zero-order valence-electron chi connectivity index (χ0n) is 13.6. The highest BCUT2D eigenvalue weighted by molar-refractivity contribution is 7.84. The Morgan fingerprint density at radius 1 is 1.12 bits per heavy atom. The van der Waals surface area contributed by atoms with E-state index >= 15 is 0 Å². The summed E-state index contributed by atoms with van der Waals surface area (Å²) in [5, 5.41) is 3.24. The standard InChI is InChI=1S/C18H15FN2O2S2/c1-11-16(12-3-7-14(19)8-4-12)20-18(24-11)21-17(22)13-5-9-15(10-6-13)25(2)23/h3-10H,1-2H3,(H,20,21,22). The van der Waals surface area contributed by atoms with Gasteiger partial charge in [-0.3, -0.25) is 14.3 Å². The number of thiazole rings is 1. The van der Waals surface area contributed by atoms with Crippen molar-refractivity contribution in [2.45, 2.75) is 11.8 Å². The summed E-state index contributed by atoms with van der Waals surface area (Å²) < 4.78 is 24.4. The van der Waals surface area contributed by atoms with Crippen LogP contribution in [0.25, 0.3) is 11.3 Å². The van der Waals surface area contributed by atoms with E-state index in [0.717, 1.165) is 16.1 Å². The molecule has 0 radical (unpaired) electrons. The Kier molecular flexibility index (Phi) is 5.06. The molecule has 0 bridgehead atoms. The van der Waals surface area contributed by atoms with Crippen LogP contribution in [0.15, 0.2) is 53.4 Å². The lowest BCUT2D eigenvalue weighted by Crippen LogP contribution is -2.11. The van der Waals surface area contributed by atoms with Gasteiger partial charge in [-0.2, -0.15) is 0 Å². The number of nitrogens with one attached hydrogen (secondary N) is 1. The van der Waals surface area contributed by atoms with Gasteiger partial charge >= 0.3 is 0 Å². The summed E-state index contributed by atoms with van der Waals surface area (Å²) in [6, 6.07) is 12.7. The Morgan fingerprint density at radius 2 is 1.76 bits per heavy atom. The molecule has 2 aromatic carbocycles. The number of benzene rings is 2. The summed E-state index contributed by atoms with van der Waals surface area (Å²) in [7, 11) is -1.08. The lowest BCUT2D eigenvalue weighted by molar-refractivity contribution is 0.102. The van der Waals surface area contributed by atoms with Gasteiger partial charge in [-0.1, -0.05) is 0 Å². The maximum Gasteiger partial charge on any atom is 0.257 e. The first-order valence-corrected chi connectivity index (χ1v) is 9.79. The second-order valence-corrected chi connectivity index (χ2v) is 7.95. The molecule has 1 heterocycles. The van der Waals surface area contributed by atoms with Crippen LogP contribution >= 0.6 is 11.3 Å². The van der Waals surface area contributed by atoms with Crippen molar-refractivity contribution < 1.29 is 13.4 Å². The highest BCUT2D eigenvalue weighted by Crippen LogP contribution is 2.30. The first-order chi connectivity index (χ1) is 11.9. The van der Waals surface area contributed by atoms with Crippen molar-refractivity contribution >= 4 is 33.2 Å². The van der Waals surface area contributed by atoms with E-state index in [1.807, 2.05) is 6.92 Å². The molecule has 0 aliphatic heterocycles. The van der Waals surface area contributed by atoms with Crippen LogP contribution in [0, 0.1) is 12.7 Å². The minimum atomic E-state index is -1.08. The van der Waals surface area contributed by atoms with Gasteiger partial charge in [0.05, 0.1) is 5.69 Å². The Labute approximate surface area is 151 Å². The van der Waals surface area contributed by atoms with E-state index in [4.69, 9.17) is 0 Å².